The summed E-state index contributed by atoms with van der Waals surface area (Å²) >= 11 is 0. The first-order valence-corrected chi connectivity index (χ1v) is 6.49. The minimum absolute atomic E-state index is 0.387. The molecule has 0 saturated heterocycles. The second kappa shape index (κ2) is 5.35. The van der Waals surface area contributed by atoms with Gasteiger partial charge in [-0.2, -0.15) is 0 Å². The molecule has 2 aromatic rings. The Kier molecular flexibility index (Phi) is 3.39. The second-order valence-electron chi connectivity index (χ2n) is 4.93. The van der Waals surface area contributed by atoms with Crippen LogP contribution in [0.25, 0.3) is 0 Å². The van der Waals surface area contributed by atoms with Crippen molar-refractivity contribution >= 4 is 6.16 Å². The predicted molar refractivity (Wildman–Crippen MR) is 74.5 cm³/mol. The molecule has 0 saturated carbocycles. The quantitative estimate of drug-likeness (QED) is 0.686. The van der Waals surface area contributed by atoms with E-state index in [2.05, 4.69) is 17.0 Å². The zero-order valence-electron chi connectivity index (χ0n) is 11.0. The van der Waals surface area contributed by atoms with Crippen LogP contribution in [0.2, 0.25) is 0 Å². The van der Waals surface area contributed by atoms with Gasteiger partial charge < -0.3 is 9.84 Å². The van der Waals surface area contributed by atoms with Crippen molar-refractivity contribution in [2.75, 3.05) is 0 Å². The summed E-state index contributed by atoms with van der Waals surface area (Å²) in [5.41, 5.74) is 3.65. The Morgan fingerprint density at radius 1 is 1.10 bits per heavy atom. The van der Waals surface area contributed by atoms with Gasteiger partial charge >= 0.3 is 6.16 Å². The fraction of sp³-hybridized carbons (Fsp3) is 0.188. The molecule has 0 aromatic heterocycles. The van der Waals surface area contributed by atoms with Crippen molar-refractivity contribution in [1.29, 1.82) is 0 Å². The van der Waals surface area contributed by atoms with Crippen LogP contribution in [0.5, 0.6) is 5.75 Å². The summed E-state index contributed by atoms with van der Waals surface area (Å²) in [4.78, 5) is 12.9. The summed E-state index contributed by atoms with van der Waals surface area (Å²) in [6, 6.07) is 15.8. The highest BCUT2D eigenvalue weighted by Crippen LogP contribution is 2.27. The minimum atomic E-state index is -1.27. The third kappa shape index (κ3) is 2.81. The van der Waals surface area contributed by atoms with E-state index in [4.69, 9.17) is 9.84 Å². The van der Waals surface area contributed by atoms with Gasteiger partial charge in [0.2, 0.25) is 0 Å². The highest BCUT2D eigenvalue weighted by Gasteiger charge is 2.19. The molecule has 2 aromatic carbocycles. The fourth-order valence-electron chi connectivity index (χ4n) is 2.56. The molecule has 1 aliphatic rings. The van der Waals surface area contributed by atoms with Gasteiger partial charge in [-0.25, -0.2) is 4.79 Å². The van der Waals surface area contributed by atoms with Crippen molar-refractivity contribution in [2.45, 2.75) is 19.6 Å². The van der Waals surface area contributed by atoms with Crippen LogP contribution in [0.3, 0.4) is 0 Å². The van der Waals surface area contributed by atoms with Crippen molar-refractivity contribution in [3.05, 3.63) is 65.2 Å². The summed E-state index contributed by atoms with van der Waals surface area (Å²) in [6.07, 6.45) is -1.27. The molecule has 0 bridgehead atoms. The monoisotopic (exact) mass is 269 g/mol. The van der Waals surface area contributed by atoms with Crippen LogP contribution in [-0.2, 0) is 19.6 Å². The lowest BCUT2D eigenvalue weighted by Crippen LogP contribution is -2.15. The van der Waals surface area contributed by atoms with Crippen LogP contribution in [0.4, 0.5) is 4.79 Å². The molecule has 0 amide bonds. The van der Waals surface area contributed by atoms with E-state index in [0.29, 0.717) is 5.75 Å². The Bertz CT molecular complexity index is 625. The first kappa shape index (κ1) is 12.7. The lowest BCUT2D eigenvalue weighted by molar-refractivity contribution is 0.144. The Balaban J connectivity index is 1.70. The molecule has 0 fully saturated rings. The SMILES string of the molecule is O=C(O)Oc1ccc2c(c1)CN(Cc1ccccc1)C2. The average molecular weight is 269 g/mol. The van der Waals surface area contributed by atoms with E-state index in [1.165, 1.54) is 11.1 Å². The number of carbonyl (C=O) groups is 1. The highest BCUT2D eigenvalue weighted by atomic mass is 16.7. The van der Waals surface area contributed by atoms with Crippen LogP contribution in [0.15, 0.2) is 48.5 Å². The van der Waals surface area contributed by atoms with Gasteiger partial charge in [0.25, 0.3) is 0 Å². The molecule has 0 radical (unpaired) electrons. The maximum Gasteiger partial charge on any atom is 0.511 e. The van der Waals surface area contributed by atoms with Gasteiger partial charge in [0.05, 0.1) is 0 Å². The Morgan fingerprint density at radius 3 is 2.60 bits per heavy atom. The zero-order valence-corrected chi connectivity index (χ0v) is 11.0. The molecule has 1 heterocycles. The molecule has 0 atom stereocenters. The minimum Gasteiger partial charge on any atom is -0.449 e. The van der Waals surface area contributed by atoms with Gasteiger partial charge in [-0.1, -0.05) is 36.4 Å². The summed E-state index contributed by atoms with van der Waals surface area (Å²) in [5, 5.41) is 8.63. The molecule has 1 aliphatic heterocycles. The number of nitrogens with zero attached hydrogens (tertiary/aromatic N) is 1. The Morgan fingerprint density at radius 2 is 1.85 bits per heavy atom. The van der Waals surface area contributed by atoms with Crippen molar-refractivity contribution in [1.82, 2.24) is 4.90 Å². The summed E-state index contributed by atoms with van der Waals surface area (Å²) in [5.74, 6) is 0.387. The molecule has 0 unspecified atom stereocenters. The van der Waals surface area contributed by atoms with Crippen LogP contribution in [-0.4, -0.2) is 16.2 Å². The van der Waals surface area contributed by atoms with E-state index < -0.39 is 6.16 Å². The number of hydrogen-bond donors (Lipinski definition) is 1. The molecule has 0 spiro atoms. The van der Waals surface area contributed by atoms with Gasteiger partial charge in [-0.05, 0) is 28.8 Å². The molecule has 1 N–H and O–H groups in total. The number of carboxylic acid groups (broad SMARTS) is 1. The topological polar surface area (TPSA) is 49.8 Å². The average Bonchev–Trinajstić information content (AvgIpc) is 2.80. The van der Waals surface area contributed by atoms with Crippen molar-refractivity contribution in [3.63, 3.8) is 0 Å². The van der Waals surface area contributed by atoms with E-state index in [1.54, 1.807) is 6.07 Å². The maximum absolute atomic E-state index is 10.5. The van der Waals surface area contributed by atoms with E-state index in [-0.39, 0.29) is 0 Å². The molecular weight excluding hydrogens is 254 g/mol. The van der Waals surface area contributed by atoms with Crippen LogP contribution in [0.1, 0.15) is 16.7 Å². The standard InChI is InChI=1S/C16H15NO3/c18-16(19)20-15-7-6-13-10-17(11-14(13)8-15)9-12-4-2-1-3-5-12/h1-8H,9-11H2,(H,18,19). The summed E-state index contributed by atoms with van der Waals surface area (Å²) < 4.78 is 4.69. The molecular formula is C16H15NO3. The van der Waals surface area contributed by atoms with E-state index >= 15 is 0 Å². The number of rotatable bonds is 3. The Hall–Kier alpha value is -2.33. The van der Waals surface area contributed by atoms with Gasteiger partial charge in [-0.3, -0.25) is 4.90 Å². The largest absolute Gasteiger partial charge is 0.511 e. The molecule has 20 heavy (non-hydrogen) atoms. The highest BCUT2D eigenvalue weighted by molar-refractivity contribution is 5.61. The van der Waals surface area contributed by atoms with E-state index in [1.807, 2.05) is 30.3 Å². The molecule has 102 valence electrons. The molecule has 4 nitrogen and oxygen atoms in total. The van der Waals surface area contributed by atoms with E-state index in [9.17, 15) is 4.79 Å². The van der Waals surface area contributed by atoms with Gasteiger partial charge in [0, 0.05) is 19.6 Å². The van der Waals surface area contributed by atoms with Gasteiger partial charge in [0.1, 0.15) is 5.75 Å². The lowest BCUT2D eigenvalue weighted by Gasteiger charge is -2.14. The number of fused-ring (bicyclic) bond motifs is 1. The molecule has 4 heteroatoms. The summed E-state index contributed by atoms with van der Waals surface area (Å²) in [6.45, 7) is 2.60. The third-order valence-corrected chi connectivity index (χ3v) is 3.42. The number of benzene rings is 2. The first-order chi connectivity index (χ1) is 9.70. The third-order valence-electron chi connectivity index (χ3n) is 3.42. The number of hydrogen-bond acceptors (Lipinski definition) is 3. The zero-order chi connectivity index (χ0) is 13.9. The summed E-state index contributed by atoms with van der Waals surface area (Å²) in [7, 11) is 0. The normalized spacial score (nSPS) is 14.0. The van der Waals surface area contributed by atoms with Crippen LogP contribution >= 0.6 is 0 Å². The van der Waals surface area contributed by atoms with Gasteiger partial charge in [-0.15, -0.1) is 0 Å². The van der Waals surface area contributed by atoms with Gasteiger partial charge in [0.15, 0.2) is 0 Å². The fourth-order valence-corrected chi connectivity index (χ4v) is 2.56. The van der Waals surface area contributed by atoms with Crippen LogP contribution < -0.4 is 4.74 Å². The molecule has 0 aliphatic carbocycles. The lowest BCUT2D eigenvalue weighted by atomic mass is 10.1. The smallest absolute Gasteiger partial charge is 0.449 e. The number of ether oxygens (including phenoxy) is 1. The van der Waals surface area contributed by atoms with Crippen molar-refractivity contribution < 1.29 is 14.6 Å². The molecule has 3 rings (SSSR count). The second-order valence-corrected chi connectivity index (χ2v) is 4.93. The van der Waals surface area contributed by atoms with Crippen molar-refractivity contribution in [3.8, 4) is 5.75 Å². The maximum atomic E-state index is 10.5. The van der Waals surface area contributed by atoms with E-state index in [0.717, 1.165) is 25.2 Å². The van der Waals surface area contributed by atoms with Crippen LogP contribution in [0, 0.1) is 0 Å². The van der Waals surface area contributed by atoms with Crippen molar-refractivity contribution in [2.24, 2.45) is 0 Å². The Labute approximate surface area is 117 Å². The first-order valence-electron chi connectivity index (χ1n) is 6.49. The predicted octanol–water partition coefficient (Wildman–Crippen LogP) is 3.26.